The van der Waals surface area contributed by atoms with Gasteiger partial charge in [-0.15, -0.1) is 0 Å². The second-order valence-electron chi connectivity index (χ2n) is 5.52. The monoisotopic (exact) mass is 346 g/mol. The lowest BCUT2D eigenvalue weighted by Crippen LogP contribution is -2.05. The Kier molecular flexibility index (Phi) is 6.28. The van der Waals surface area contributed by atoms with E-state index in [0.29, 0.717) is 24.8 Å². The van der Waals surface area contributed by atoms with Crippen LogP contribution in [0.2, 0.25) is 0 Å². The molecule has 0 aliphatic rings. The zero-order valence-corrected chi connectivity index (χ0v) is 13.4. The average Bonchev–Trinajstić information content (AvgIpc) is 2.61. The van der Waals surface area contributed by atoms with Crippen LogP contribution in [0.15, 0.2) is 66.7 Å². The van der Waals surface area contributed by atoms with Gasteiger partial charge in [0.2, 0.25) is 0 Å². The highest BCUT2D eigenvalue weighted by Crippen LogP contribution is 2.29. The molecule has 0 aliphatic heterocycles. The van der Waals surface area contributed by atoms with Crippen LogP contribution in [-0.2, 0) is 6.18 Å². The Bertz CT molecular complexity index is 745. The Hall–Kier alpha value is -2.69. The number of allylic oxidation sites excluding steroid dienone is 2. The van der Waals surface area contributed by atoms with E-state index in [1.807, 2.05) is 6.07 Å². The van der Waals surface area contributed by atoms with Gasteiger partial charge in [-0.05, 0) is 31.1 Å². The van der Waals surface area contributed by atoms with Gasteiger partial charge in [-0.2, -0.15) is 13.2 Å². The molecular weight excluding hydrogens is 329 g/mol. The van der Waals surface area contributed by atoms with E-state index in [0.717, 1.165) is 24.3 Å². The maximum Gasteiger partial charge on any atom is 0.416 e. The number of carbonyl (C=O) groups is 2. The number of halogens is 3. The number of ketones is 2. The summed E-state index contributed by atoms with van der Waals surface area (Å²) in [5.41, 5.74) is 0.0735. The topological polar surface area (TPSA) is 34.1 Å². The van der Waals surface area contributed by atoms with E-state index >= 15 is 0 Å². The quantitative estimate of drug-likeness (QED) is 0.377. The van der Waals surface area contributed by atoms with Crippen molar-refractivity contribution in [2.45, 2.75) is 25.4 Å². The summed E-state index contributed by atoms with van der Waals surface area (Å²) in [5, 5.41) is 0. The molecule has 2 rings (SSSR count). The lowest BCUT2D eigenvalue weighted by atomic mass is 10.0. The zero-order valence-electron chi connectivity index (χ0n) is 13.4. The molecule has 0 aromatic heterocycles. The number of rotatable bonds is 7. The molecule has 25 heavy (non-hydrogen) atoms. The predicted molar refractivity (Wildman–Crippen MR) is 89.5 cm³/mol. The molecule has 2 aromatic rings. The summed E-state index contributed by atoms with van der Waals surface area (Å²) in [6.45, 7) is 0. The summed E-state index contributed by atoms with van der Waals surface area (Å²) in [6, 6.07) is 13.1. The van der Waals surface area contributed by atoms with Gasteiger partial charge in [-0.25, -0.2) is 0 Å². The summed E-state index contributed by atoms with van der Waals surface area (Å²) < 4.78 is 37.4. The summed E-state index contributed by atoms with van der Waals surface area (Å²) in [4.78, 5) is 23.8. The van der Waals surface area contributed by atoms with Crippen LogP contribution in [0.4, 0.5) is 13.2 Å². The van der Waals surface area contributed by atoms with Crippen LogP contribution in [0.1, 0.15) is 45.5 Å². The standard InChI is InChI=1S/C20H17F3O2/c21-20(22,23)17-13-11-16(12-14-17)19(25)10-6-2-5-9-18(24)15-7-3-1-4-8-15/h1,3-4,6-8,10-14H,2,5,9H2/b10-6+. The summed E-state index contributed by atoms with van der Waals surface area (Å²) in [7, 11) is 0. The molecule has 0 aliphatic carbocycles. The first-order valence-corrected chi connectivity index (χ1v) is 7.84. The van der Waals surface area contributed by atoms with E-state index in [9.17, 15) is 22.8 Å². The maximum absolute atomic E-state index is 12.5. The Morgan fingerprint density at radius 3 is 2.12 bits per heavy atom. The third-order valence-corrected chi connectivity index (χ3v) is 3.64. The van der Waals surface area contributed by atoms with Crippen LogP contribution in [0.25, 0.3) is 0 Å². The van der Waals surface area contributed by atoms with E-state index in [1.54, 1.807) is 30.3 Å². The zero-order chi connectivity index (χ0) is 18.3. The van der Waals surface area contributed by atoms with Crippen molar-refractivity contribution >= 4 is 11.6 Å². The lowest BCUT2D eigenvalue weighted by Gasteiger charge is -2.06. The fourth-order valence-corrected chi connectivity index (χ4v) is 2.26. The molecule has 0 unspecified atom stereocenters. The molecule has 0 saturated heterocycles. The Balaban J connectivity index is 1.80. The van der Waals surface area contributed by atoms with Crippen LogP contribution in [-0.4, -0.2) is 11.6 Å². The normalized spacial score (nSPS) is 11.6. The Morgan fingerprint density at radius 1 is 0.880 bits per heavy atom. The number of benzene rings is 2. The summed E-state index contributed by atoms with van der Waals surface area (Å²) in [5.74, 6) is -0.314. The molecule has 0 radical (unpaired) electrons. The molecule has 0 N–H and O–H groups in total. The van der Waals surface area contributed by atoms with Gasteiger partial charge in [-0.1, -0.05) is 48.5 Å². The highest BCUT2D eigenvalue weighted by Gasteiger charge is 2.30. The van der Waals surface area contributed by atoms with Gasteiger partial charge in [0.05, 0.1) is 5.56 Å². The van der Waals surface area contributed by atoms with Gasteiger partial charge in [0.1, 0.15) is 0 Å². The summed E-state index contributed by atoms with van der Waals surface area (Å²) >= 11 is 0. The van der Waals surface area contributed by atoms with Gasteiger partial charge >= 0.3 is 6.18 Å². The molecule has 130 valence electrons. The van der Waals surface area contributed by atoms with Crippen LogP contribution in [0.5, 0.6) is 0 Å². The minimum Gasteiger partial charge on any atom is -0.294 e. The van der Waals surface area contributed by atoms with E-state index < -0.39 is 11.7 Å². The minimum absolute atomic E-state index is 0.0445. The van der Waals surface area contributed by atoms with Crippen LogP contribution in [0.3, 0.4) is 0 Å². The average molecular weight is 346 g/mol. The largest absolute Gasteiger partial charge is 0.416 e. The summed E-state index contributed by atoms with van der Waals surface area (Å²) in [6.07, 6.45) is 0.0782. The van der Waals surface area contributed by atoms with Crippen molar-refractivity contribution < 1.29 is 22.8 Å². The second kappa shape index (κ2) is 8.42. The number of alkyl halides is 3. The number of Topliss-reactive ketones (excluding diaryl/α,β-unsaturated/α-hetero) is 1. The van der Waals surface area contributed by atoms with Crippen molar-refractivity contribution in [2.24, 2.45) is 0 Å². The minimum atomic E-state index is -4.41. The molecule has 0 fully saturated rings. The van der Waals surface area contributed by atoms with Crippen molar-refractivity contribution in [3.63, 3.8) is 0 Å². The lowest BCUT2D eigenvalue weighted by molar-refractivity contribution is -0.137. The molecular formula is C20H17F3O2. The number of carbonyl (C=O) groups excluding carboxylic acids is 2. The first-order chi connectivity index (χ1) is 11.9. The fraction of sp³-hybridized carbons (Fsp3) is 0.200. The van der Waals surface area contributed by atoms with Crippen LogP contribution < -0.4 is 0 Å². The Labute approximate surface area is 144 Å². The highest BCUT2D eigenvalue weighted by atomic mass is 19.4. The molecule has 2 aromatic carbocycles. The number of hydrogen-bond acceptors (Lipinski definition) is 2. The molecule has 0 heterocycles. The molecule has 0 amide bonds. The van der Waals surface area contributed by atoms with Crippen molar-refractivity contribution in [1.82, 2.24) is 0 Å². The van der Waals surface area contributed by atoms with E-state index in [2.05, 4.69) is 0 Å². The van der Waals surface area contributed by atoms with E-state index in [-0.39, 0.29) is 17.1 Å². The maximum atomic E-state index is 12.5. The molecule has 0 saturated carbocycles. The third-order valence-electron chi connectivity index (χ3n) is 3.64. The molecule has 2 nitrogen and oxygen atoms in total. The van der Waals surface area contributed by atoms with E-state index in [1.165, 1.54) is 6.08 Å². The van der Waals surface area contributed by atoms with Crippen LogP contribution >= 0.6 is 0 Å². The van der Waals surface area contributed by atoms with Crippen molar-refractivity contribution in [1.29, 1.82) is 0 Å². The number of hydrogen-bond donors (Lipinski definition) is 0. The van der Waals surface area contributed by atoms with Crippen molar-refractivity contribution in [3.05, 3.63) is 83.4 Å². The molecule has 0 spiro atoms. The van der Waals surface area contributed by atoms with Gasteiger partial charge in [0.25, 0.3) is 0 Å². The first kappa shape index (κ1) is 18.6. The first-order valence-electron chi connectivity index (χ1n) is 7.84. The second-order valence-corrected chi connectivity index (χ2v) is 5.52. The smallest absolute Gasteiger partial charge is 0.294 e. The fourth-order valence-electron chi connectivity index (χ4n) is 2.26. The van der Waals surface area contributed by atoms with Gasteiger partial charge < -0.3 is 0 Å². The highest BCUT2D eigenvalue weighted by molar-refractivity contribution is 6.04. The molecule has 0 bridgehead atoms. The molecule has 0 atom stereocenters. The van der Waals surface area contributed by atoms with Gasteiger partial charge in [-0.3, -0.25) is 9.59 Å². The van der Waals surface area contributed by atoms with Gasteiger partial charge in [0, 0.05) is 17.5 Å². The SMILES string of the molecule is O=C(/C=C/CCCC(=O)c1ccccc1)c1ccc(C(F)(F)F)cc1. The van der Waals surface area contributed by atoms with Crippen LogP contribution in [0, 0.1) is 0 Å². The van der Waals surface area contributed by atoms with E-state index in [4.69, 9.17) is 0 Å². The molecule has 5 heteroatoms. The van der Waals surface area contributed by atoms with Gasteiger partial charge in [0.15, 0.2) is 11.6 Å². The third kappa shape index (κ3) is 5.71. The predicted octanol–water partition coefficient (Wildman–Crippen LogP) is 5.50. The van der Waals surface area contributed by atoms with Crippen molar-refractivity contribution in [2.75, 3.05) is 0 Å². The Morgan fingerprint density at radius 2 is 1.52 bits per heavy atom. The van der Waals surface area contributed by atoms with Crippen molar-refractivity contribution in [3.8, 4) is 0 Å². The number of unbranched alkanes of at least 4 members (excludes halogenated alkanes) is 1.